The topological polar surface area (TPSA) is 67.3 Å². The van der Waals surface area contributed by atoms with Crippen molar-refractivity contribution in [1.82, 2.24) is 9.97 Å². The van der Waals surface area contributed by atoms with Gasteiger partial charge in [0.2, 0.25) is 11.8 Å². The first-order valence-electron chi connectivity index (χ1n) is 7.14. The van der Waals surface area contributed by atoms with E-state index in [-0.39, 0.29) is 6.61 Å². The van der Waals surface area contributed by atoms with Crippen molar-refractivity contribution in [2.45, 2.75) is 32.6 Å². The van der Waals surface area contributed by atoms with Gasteiger partial charge in [-0.2, -0.15) is 4.98 Å². The van der Waals surface area contributed by atoms with Gasteiger partial charge in [0, 0.05) is 25.4 Å². The third kappa shape index (κ3) is 4.06. The smallest absolute Gasteiger partial charge is 0.225 e. The van der Waals surface area contributed by atoms with Crippen LogP contribution < -0.4 is 10.1 Å². The fraction of sp³-hybridized carbons (Fsp3) is 0.714. The zero-order chi connectivity index (χ0) is 13.5. The molecule has 1 aromatic heterocycles. The number of ether oxygens (including phenoxy) is 1. The predicted molar refractivity (Wildman–Crippen MR) is 74.2 cm³/mol. The van der Waals surface area contributed by atoms with Gasteiger partial charge in [-0.25, -0.2) is 4.98 Å². The summed E-state index contributed by atoms with van der Waals surface area (Å²) in [5.41, 5.74) is 0. The predicted octanol–water partition coefficient (Wildman–Crippen LogP) is 2.09. The third-order valence-electron chi connectivity index (χ3n) is 3.66. The number of hydrogen-bond donors (Lipinski definition) is 2. The maximum absolute atomic E-state index is 9.30. The Morgan fingerprint density at radius 2 is 2.26 bits per heavy atom. The largest absolute Gasteiger partial charge is 0.478 e. The van der Waals surface area contributed by atoms with Gasteiger partial charge in [-0.15, -0.1) is 0 Å². The van der Waals surface area contributed by atoms with Crippen LogP contribution in [0.3, 0.4) is 0 Å². The molecule has 0 bridgehead atoms. The maximum atomic E-state index is 9.30. The second-order valence-electron chi connectivity index (χ2n) is 5.08. The van der Waals surface area contributed by atoms with Crippen molar-refractivity contribution in [3.63, 3.8) is 0 Å². The Bertz CT molecular complexity index is 387. The number of aromatic nitrogens is 2. The van der Waals surface area contributed by atoms with Crippen LogP contribution in [-0.2, 0) is 0 Å². The van der Waals surface area contributed by atoms with Gasteiger partial charge in [-0.3, -0.25) is 0 Å². The summed E-state index contributed by atoms with van der Waals surface area (Å²) < 4.78 is 5.48. The molecule has 0 aromatic carbocycles. The van der Waals surface area contributed by atoms with Crippen LogP contribution in [0.15, 0.2) is 12.3 Å². The van der Waals surface area contributed by atoms with E-state index in [0.29, 0.717) is 30.3 Å². The van der Waals surface area contributed by atoms with Crippen molar-refractivity contribution in [2.24, 2.45) is 11.8 Å². The number of nitrogens with zero attached hydrogens (tertiary/aromatic N) is 2. The number of anilines is 1. The van der Waals surface area contributed by atoms with E-state index < -0.39 is 0 Å². The van der Waals surface area contributed by atoms with E-state index in [1.54, 1.807) is 12.3 Å². The van der Waals surface area contributed by atoms with Crippen LogP contribution in [0.1, 0.15) is 32.6 Å². The molecule has 2 N–H and O–H groups in total. The molecule has 5 heteroatoms. The van der Waals surface area contributed by atoms with Crippen molar-refractivity contribution in [1.29, 1.82) is 0 Å². The SMILES string of the molecule is CCCOc1ccnc(NCC2CCCC2CO)n1. The standard InChI is InChI=1S/C14H23N3O2/c1-2-8-19-13-6-7-15-14(17-13)16-9-11-4-3-5-12(11)10-18/h6-7,11-12,18H,2-5,8-10H2,1H3,(H,15,16,17). The van der Waals surface area contributed by atoms with Crippen LogP contribution in [0.5, 0.6) is 5.88 Å². The van der Waals surface area contributed by atoms with Gasteiger partial charge in [-0.05, 0) is 31.1 Å². The average molecular weight is 265 g/mol. The van der Waals surface area contributed by atoms with Gasteiger partial charge in [0.1, 0.15) is 0 Å². The Labute approximate surface area is 114 Å². The zero-order valence-corrected chi connectivity index (χ0v) is 11.5. The molecule has 1 fully saturated rings. The Kier molecular flexibility index (Phi) is 5.39. The van der Waals surface area contributed by atoms with Crippen molar-refractivity contribution >= 4 is 5.95 Å². The second-order valence-corrected chi connectivity index (χ2v) is 5.08. The van der Waals surface area contributed by atoms with E-state index in [0.717, 1.165) is 19.4 Å². The summed E-state index contributed by atoms with van der Waals surface area (Å²) in [6.45, 7) is 3.84. The minimum Gasteiger partial charge on any atom is -0.478 e. The first-order valence-corrected chi connectivity index (χ1v) is 7.14. The summed E-state index contributed by atoms with van der Waals surface area (Å²) in [6, 6.07) is 1.77. The fourth-order valence-electron chi connectivity index (χ4n) is 2.56. The molecule has 1 saturated carbocycles. The van der Waals surface area contributed by atoms with Gasteiger partial charge >= 0.3 is 0 Å². The van der Waals surface area contributed by atoms with E-state index in [1.807, 2.05) is 0 Å². The summed E-state index contributed by atoms with van der Waals surface area (Å²) >= 11 is 0. The second kappa shape index (κ2) is 7.28. The van der Waals surface area contributed by atoms with Crippen molar-refractivity contribution in [2.75, 3.05) is 25.1 Å². The number of aliphatic hydroxyl groups excluding tert-OH is 1. The van der Waals surface area contributed by atoms with Gasteiger partial charge in [0.05, 0.1) is 6.61 Å². The van der Waals surface area contributed by atoms with E-state index in [2.05, 4.69) is 22.2 Å². The first kappa shape index (κ1) is 14.1. The van der Waals surface area contributed by atoms with E-state index in [4.69, 9.17) is 4.74 Å². The summed E-state index contributed by atoms with van der Waals surface area (Å²) in [5, 5.41) is 12.6. The third-order valence-corrected chi connectivity index (χ3v) is 3.66. The molecule has 0 amide bonds. The highest BCUT2D eigenvalue weighted by atomic mass is 16.5. The lowest BCUT2D eigenvalue weighted by Gasteiger charge is -2.17. The molecule has 1 aliphatic carbocycles. The Hall–Kier alpha value is -1.36. The lowest BCUT2D eigenvalue weighted by Crippen LogP contribution is -2.21. The van der Waals surface area contributed by atoms with Gasteiger partial charge in [-0.1, -0.05) is 13.3 Å². The minimum atomic E-state index is 0.285. The van der Waals surface area contributed by atoms with Crippen LogP contribution in [0.2, 0.25) is 0 Å². The molecule has 0 radical (unpaired) electrons. The maximum Gasteiger partial charge on any atom is 0.225 e. The van der Waals surface area contributed by atoms with Crippen LogP contribution >= 0.6 is 0 Å². The highest BCUT2D eigenvalue weighted by Gasteiger charge is 2.26. The Morgan fingerprint density at radius 1 is 1.42 bits per heavy atom. The van der Waals surface area contributed by atoms with Crippen LogP contribution in [0.4, 0.5) is 5.95 Å². The molecule has 1 aliphatic rings. The molecule has 2 rings (SSSR count). The number of aliphatic hydroxyl groups is 1. The van der Waals surface area contributed by atoms with Gasteiger partial charge in [0.15, 0.2) is 0 Å². The monoisotopic (exact) mass is 265 g/mol. The van der Waals surface area contributed by atoms with Crippen LogP contribution in [0, 0.1) is 11.8 Å². The van der Waals surface area contributed by atoms with Gasteiger partial charge in [0.25, 0.3) is 0 Å². The Morgan fingerprint density at radius 3 is 3.05 bits per heavy atom. The molecule has 106 valence electrons. The van der Waals surface area contributed by atoms with Crippen LogP contribution in [0.25, 0.3) is 0 Å². The quantitative estimate of drug-likeness (QED) is 0.790. The van der Waals surface area contributed by atoms with Crippen molar-refractivity contribution in [3.05, 3.63) is 12.3 Å². The van der Waals surface area contributed by atoms with Crippen molar-refractivity contribution < 1.29 is 9.84 Å². The van der Waals surface area contributed by atoms with E-state index >= 15 is 0 Å². The highest BCUT2D eigenvalue weighted by Crippen LogP contribution is 2.31. The molecule has 5 nitrogen and oxygen atoms in total. The molecular formula is C14H23N3O2. The van der Waals surface area contributed by atoms with Crippen molar-refractivity contribution in [3.8, 4) is 5.88 Å². The number of hydrogen-bond acceptors (Lipinski definition) is 5. The molecule has 1 heterocycles. The molecule has 0 aliphatic heterocycles. The van der Waals surface area contributed by atoms with E-state index in [9.17, 15) is 5.11 Å². The molecule has 2 atom stereocenters. The number of nitrogens with one attached hydrogen (secondary N) is 1. The summed E-state index contributed by atoms with van der Waals surface area (Å²) in [5.74, 6) is 2.17. The van der Waals surface area contributed by atoms with E-state index in [1.165, 1.54) is 12.8 Å². The molecule has 0 spiro atoms. The molecule has 2 unspecified atom stereocenters. The zero-order valence-electron chi connectivity index (χ0n) is 11.5. The molecule has 19 heavy (non-hydrogen) atoms. The lowest BCUT2D eigenvalue weighted by atomic mass is 9.97. The summed E-state index contributed by atoms with van der Waals surface area (Å²) in [4.78, 5) is 8.51. The molecular weight excluding hydrogens is 242 g/mol. The Balaban J connectivity index is 1.85. The molecule has 0 saturated heterocycles. The fourth-order valence-corrected chi connectivity index (χ4v) is 2.56. The minimum absolute atomic E-state index is 0.285. The lowest BCUT2D eigenvalue weighted by molar-refractivity contribution is 0.198. The first-order chi connectivity index (χ1) is 9.33. The number of rotatable bonds is 7. The normalized spacial score (nSPS) is 22.4. The average Bonchev–Trinajstić information content (AvgIpc) is 2.91. The van der Waals surface area contributed by atoms with Crippen LogP contribution in [-0.4, -0.2) is 34.8 Å². The summed E-state index contributed by atoms with van der Waals surface area (Å²) in [7, 11) is 0. The highest BCUT2D eigenvalue weighted by molar-refractivity contribution is 5.27. The summed E-state index contributed by atoms with van der Waals surface area (Å²) in [6.07, 6.45) is 6.18. The molecule has 1 aromatic rings. The van der Waals surface area contributed by atoms with Gasteiger partial charge < -0.3 is 15.2 Å².